The van der Waals surface area contributed by atoms with Crippen LogP contribution in [-0.4, -0.2) is 23.1 Å². The third kappa shape index (κ3) is 3.45. The Kier molecular flexibility index (Phi) is 4.54. The highest BCUT2D eigenvalue weighted by Crippen LogP contribution is 2.28. The van der Waals surface area contributed by atoms with E-state index in [0.717, 1.165) is 0 Å². The van der Waals surface area contributed by atoms with Crippen LogP contribution in [-0.2, 0) is 5.41 Å². The number of aromatic nitrogens is 2. The fraction of sp³-hybridized carbons (Fsp3) is 0.429. The van der Waals surface area contributed by atoms with Gasteiger partial charge >= 0.3 is 0 Å². The molecular weight excluding hydrogens is 275 g/mol. The van der Waals surface area contributed by atoms with Gasteiger partial charge in [0.15, 0.2) is 11.6 Å². The predicted molar refractivity (Wildman–Crippen MR) is 82.0 cm³/mol. The lowest BCUT2D eigenvalue weighted by atomic mass is 9.91. The van der Waals surface area contributed by atoms with Crippen molar-refractivity contribution in [3.05, 3.63) is 34.4 Å². The average molecular weight is 294 g/mol. The summed E-state index contributed by atoms with van der Waals surface area (Å²) in [5.74, 6) is 0.236. The Labute approximate surface area is 122 Å². The van der Waals surface area contributed by atoms with Gasteiger partial charge in [-0.05, 0) is 18.4 Å². The van der Waals surface area contributed by atoms with E-state index in [9.17, 15) is 4.39 Å². The molecule has 6 heteroatoms. The molecule has 4 nitrogen and oxygen atoms in total. The smallest absolute Gasteiger partial charge is 0.224 e. The highest BCUT2D eigenvalue weighted by molar-refractivity contribution is 7.10. The van der Waals surface area contributed by atoms with Crippen molar-refractivity contribution in [3.8, 4) is 0 Å². The van der Waals surface area contributed by atoms with Crippen LogP contribution in [0.2, 0.25) is 0 Å². The zero-order valence-electron chi connectivity index (χ0n) is 11.9. The lowest BCUT2D eigenvalue weighted by Crippen LogP contribution is -2.27. The zero-order valence-corrected chi connectivity index (χ0v) is 12.7. The van der Waals surface area contributed by atoms with Gasteiger partial charge in [-0.2, -0.15) is 4.98 Å². The molecule has 2 N–H and O–H groups in total. The number of anilines is 2. The van der Waals surface area contributed by atoms with Gasteiger partial charge in [0.2, 0.25) is 5.95 Å². The van der Waals surface area contributed by atoms with E-state index in [1.165, 1.54) is 11.1 Å². The van der Waals surface area contributed by atoms with E-state index in [2.05, 4.69) is 40.5 Å². The van der Waals surface area contributed by atoms with Gasteiger partial charge in [0, 0.05) is 23.4 Å². The van der Waals surface area contributed by atoms with Crippen molar-refractivity contribution in [2.75, 3.05) is 23.7 Å². The van der Waals surface area contributed by atoms with Crippen LogP contribution < -0.4 is 10.6 Å². The number of nitrogens with zero attached hydrogens (tertiary/aromatic N) is 2. The predicted octanol–water partition coefficient (Wildman–Crippen LogP) is 3.50. The highest BCUT2D eigenvalue weighted by Gasteiger charge is 2.22. The van der Waals surface area contributed by atoms with Gasteiger partial charge in [-0.1, -0.05) is 19.9 Å². The second kappa shape index (κ2) is 6.17. The Hall–Kier alpha value is -1.69. The standard InChI is InChI=1S/C14H19FN4S/c1-4-16-13-17-8-10(15)12(19-13)18-9-14(2,3)11-6-5-7-20-11/h5-8H,4,9H2,1-3H3,(H2,16,17,18,19). The van der Waals surface area contributed by atoms with Gasteiger partial charge in [-0.15, -0.1) is 11.3 Å². The summed E-state index contributed by atoms with van der Waals surface area (Å²) < 4.78 is 13.7. The molecule has 0 bridgehead atoms. The monoisotopic (exact) mass is 294 g/mol. The first-order valence-corrected chi connectivity index (χ1v) is 7.45. The van der Waals surface area contributed by atoms with Crippen LogP contribution in [0.3, 0.4) is 0 Å². The Morgan fingerprint density at radius 1 is 1.35 bits per heavy atom. The van der Waals surface area contributed by atoms with E-state index in [1.807, 2.05) is 18.4 Å². The summed E-state index contributed by atoms with van der Waals surface area (Å²) in [6, 6.07) is 4.11. The normalized spacial score (nSPS) is 11.4. The molecule has 0 saturated carbocycles. The molecule has 0 aliphatic rings. The van der Waals surface area contributed by atoms with Crippen LogP contribution in [0.25, 0.3) is 0 Å². The van der Waals surface area contributed by atoms with E-state index >= 15 is 0 Å². The molecule has 0 unspecified atom stereocenters. The minimum absolute atomic E-state index is 0.0795. The van der Waals surface area contributed by atoms with Crippen LogP contribution in [0.1, 0.15) is 25.6 Å². The maximum atomic E-state index is 13.7. The number of hydrogen-bond acceptors (Lipinski definition) is 5. The summed E-state index contributed by atoms with van der Waals surface area (Å²) in [6.45, 7) is 7.49. The number of nitrogens with one attached hydrogen (secondary N) is 2. The Balaban J connectivity index is 2.08. The van der Waals surface area contributed by atoms with E-state index in [1.54, 1.807) is 11.3 Å². The molecule has 0 spiro atoms. The summed E-state index contributed by atoms with van der Waals surface area (Å²) in [7, 11) is 0. The molecule has 2 heterocycles. The minimum Gasteiger partial charge on any atom is -0.367 e. The fourth-order valence-electron chi connectivity index (χ4n) is 1.79. The molecule has 0 aliphatic carbocycles. The molecule has 0 aromatic carbocycles. The summed E-state index contributed by atoms with van der Waals surface area (Å²) in [5.41, 5.74) is -0.0795. The molecule has 2 aromatic rings. The lowest BCUT2D eigenvalue weighted by Gasteiger charge is -2.24. The minimum atomic E-state index is -0.436. The van der Waals surface area contributed by atoms with Crippen LogP contribution >= 0.6 is 11.3 Å². The van der Waals surface area contributed by atoms with Crippen LogP contribution in [0, 0.1) is 5.82 Å². The number of hydrogen-bond donors (Lipinski definition) is 2. The second-order valence-electron chi connectivity index (χ2n) is 5.14. The molecule has 0 atom stereocenters. The maximum Gasteiger partial charge on any atom is 0.224 e. The van der Waals surface area contributed by atoms with E-state index in [-0.39, 0.29) is 11.2 Å². The summed E-state index contributed by atoms with van der Waals surface area (Å²) in [4.78, 5) is 9.29. The molecule has 108 valence electrons. The van der Waals surface area contributed by atoms with Crippen molar-refractivity contribution in [1.82, 2.24) is 9.97 Å². The Morgan fingerprint density at radius 2 is 2.15 bits per heavy atom. The first-order valence-electron chi connectivity index (χ1n) is 6.57. The summed E-state index contributed by atoms with van der Waals surface area (Å²) >= 11 is 1.70. The first-order chi connectivity index (χ1) is 9.53. The van der Waals surface area contributed by atoms with Crippen molar-refractivity contribution in [3.63, 3.8) is 0 Å². The quantitative estimate of drug-likeness (QED) is 0.856. The summed E-state index contributed by atoms with van der Waals surface area (Å²) in [5, 5.41) is 8.10. The molecule has 0 amide bonds. The molecular formula is C14H19FN4S. The van der Waals surface area contributed by atoms with Gasteiger partial charge in [0.1, 0.15) is 0 Å². The summed E-state index contributed by atoms with van der Waals surface area (Å²) in [6.07, 6.45) is 1.19. The fourth-order valence-corrected chi connectivity index (χ4v) is 2.64. The van der Waals surface area contributed by atoms with Gasteiger partial charge in [0.25, 0.3) is 0 Å². The molecule has 2 aromatic heterocycles. The van der Waals surface area contributed by atoms with E-state index < -0.39 is 5.82 Å². The van der Waals surface area contributed by atoms with Crippen molar-refractivity contribution >= 4 is 23.1 Å². The maximum absolute atomic E-state index is 13.7. The lowest BCUT2D eigenvalue weighted by molar-refractivity contribution is 0.560. The van der Waals surface area contributed by atoms with Gasteiger partial charge in [-0.25, -0.2) is 9.37 Å². The third-order valence-corrected chi connectivity index (χ3v) is 4.20. The molecule has 0 fully saturated rings. The SMILES string of the molecule is CCNc1ncc(F)c(NCC(C)(C)c2cccs2)n1. The van der Waals surface area contributed by atoms with Crippen molar-refractivity contribution < 1.29 is 4.39 Å². The first kappa shape index (κ1) is 14.7. The Morgan fingerprint density at radius 3 is 2.80 bits per heavy atom. The largest absolute Gasteiger partial charge is 0.367 e. The van der Waals surface area contributed by atoms with Crippen molar-refractivity contribution in [1.29, 1.82) is 0 Å². The van der Waals surface area contributed by atoms with Crippen molar-refractivity contribution in [2.24, 2.45) is 0 Å². The molecule has 0 aliphatic heterocycles. The third-order valence-electron chi connectivity index (χ3n) is 2.96. The number of halogens is 1. The van der Waals surface area contributed by atoms with Gasteiger partial charge < -0.3 is 10.6 Å². The molecule has 0 radical (unpaired) electrons. The van der Waals surface area contributed by atoms with Crippen LogP contribution in [0.4, 0.5) is 16.2 Å². The highest BCUT2D eigenvalue weighted by atomic mass is 32.1. The average Bonchev–Trinajstić information content (AvgIpc) is 2.94. The number of thiophene rings is 1. The van der Waals surface area contributed by atoms with E-state index in [4.69, 9.17) is 0 Å². The second-order valence-corrected chi connectivity index (χ2v) is 6.08. The Bertz CT molecular complexity index is 554. The van der Waals surface area contributed by atoms with Crippen LogP contribution in [0.15, 0.2) is 23.7 Å². The topological polar surface area (TPSA) is 49.8 Å². The number of rotatable bonds is 6. The molecule has 0 saturated heterocycles. The van der Waals surface area contributed by atoms with E-state index in [0.29, 0.717) is 19.0 Å². The molecule has 2 rings (SSSR count). The van der Waals surface area contributed by atoms with Crippen molar-refractivity contribution in [2.45, 2.75) is 26.2 Å². The van der Waals surface area contributed by atoms with Gasteiger partial charge in [-0.3, -0.25) is 0 Å². The molecule has 20 heavy (non-hydrogen) atoms. The van der Waals surface area contributed by atoms with Crippen LogP contribution in [0.5, 0.6) is 0 Å². The van der Waals surface area contributed by atoms with Gasteiger partial charge in [0.05, 0.1) is 6.20 Å². The zero-order chi connectivity index (χ0) is 14.6.